The van der Waals surface area contributed by atoms with E-state index in [0.29, 0.717) is 45.3 Å². The lowest BCUT2D eigenvalue weighted by Crippen LogP contribution is -2.47. The number of nitrogens with one attached hydrogen (secondary N) is 1. The number of ether oxygens (including phenoxy) is 1. The van der Waals surface area contributed by atoms with E-state index in [-0.39, 0.29) is 29.4 Å². The maximum absolute atomic E-state index is 12.0. The zero-order chi connectivity index (χ0) is 23.2. The van der Waals surface area contributed by atoms with Gasteiger partial charge in [0.1, 0.15) is 15.4 Å². The summed E-state index contributed by atoms with van der Waals surface area (Å²) in [5.41, 5.74) is 2.79. The third-order valence-corrected chi connectivity index (χ3v) is 8.59. The van der Waals surface area contributed by atoms with Crippen LogP contribution in [0.1, 0.15) is 51.5 Å². The fraction of sp³-hybridized carbons (Fsp3) is 0.636. The number of esters is 1. The molecule has 4 heterocycles. The van der Waals surface area contributed by atoms with E-state index >= 15 is 0 Å². The van der Waals surface area contributed by atoms with Crippen LogP contribution >= 0.6 is 0 Å². The summed E-state index contributed by atoms with van der Waals surface area (Å²) < 4.78 is 30.7. The first-order valence-corrected chi connectivity index (χ1v) is 13.4. The molecule has 0 bridgehead atoms. The fourth-order valence-corrected chi connectivity index (χ4v) is 6.51. The minimum absolute atomic E-state index is 0.0385. The maximum Gasteiger partial charge on any atom is 0.309 e. The number of anilines is 1. The van der Waals surface area contributed by atoms with Crippen molar-refractivity contribution >= 4 is 38.2 Å². The molecule has 2 aliphatic heterocycles. The summed E-state index contributed by atoms with van der Waals surface area (Å²) in [4.78, 5) is 22.5. The number of carbonyl (C=O) groups is 1. The van der Waals surface area contributed by atoms with Gasteiger partial charge in [-0.2, -0.15) is 5.10 Å². The molecule has 11 heteroatoms. The first-order valence-electron chi connectivity index (χ1n) is 11.6. The lowest BCUT2D eigenvalue weighted by atomic mass is 9.68. The summed E-state index contributed by atoms with van der Waals surface area (Å²) in [6, 6.07) is 0.0385. The predicted molar refractivity (Wildman–Crippen MR) is 123 cm³/mol. The SMILES string of the molecule is CCOC(=O)C1CC2(CC(c3cnc4c(cnn4CC)c3NC3CCS(=O)(=O)CC3)=NO2)C1. The van der Waals surface area contributed by atoms with Crippen molar-refractivity contribution in [1.29, 1.82) is 0 Å². The molecular formula is C22H29N5O5S. The quantitative estimate of drug-likeness (QED) is 0.631. The van der Waals surface area contributed by atoms with Crippen molar-refractivity contribution in [2.24, 2.45) is 11.1 Å². The van der Waals surface area contributed by atoms with Crippen LogP contribution in [0.5, 0.6) is 0 Å². The van der Waals surface area contributed by atoms with E-state index in [0.717, 1.165) is 28.0 Å². The van der Waals surface area contributed by atoms with E-state index in [1.807, 2.05) is 11.6 Å². The molecule has 0 atom stereocenters. The second-order valence-corrected chi connectivity index (χ2v) is 11.5. The Balaban J connectivity index is 1.40. The monoisotopic (exact) mass is 475 g/mol. The molecule has 1 N–H and O–H groups in total. The largest absolute Gasteiger partial charge is 0.466 e. The van der Waals surface area contributed by atoms with Gasteiger partial charge in [-0.3, -0.25) is 4.79 Å². The summed E-state index contributed by atoms with van der Waals surface area (Å²) >= 11 is 0. The van der Waals surface area contributed by atoms with Crippen LogP contribution in [0.4, 0.5) is 5.69 Å². The average molecular weight is 476 g/mol. The fourth-order valence-electron chi connectivity index (χ4n) is 5.02. The van der Waals surface area contributed by atoms with E-state index in [1.54, 1.807) is 19.3 Å². The van der Waals surface area contributed by atoms with Gasteiger partial charge in [0, 0.05) is 43.6 Å². The maximum atomic E-state index is 12.0. The summed E-state index contributed by atoms with van der Waals surface area (Å²) in [6.45, 7) is 4.88. The van der Waals surface area contributed by atoms with E-state index in [4.69, 9.17) is 9.57 Å². The first kappa shape index (κ1) is 22.1. The van der Waals surface area contributed by atoms with Crippen molar-refractivity contribution in [3.63, 3.8) is 0 Å². The molecule has 10 nitrogen and oxygen atoms in total. The van der Waals surface area contributed by atoms with Gasteiger partial charge < -0.3 is 14.9 Å². The Kier molecular flexibility index (Phi) is 5.54. The second-order valence-electron chi connectivity index (χ2n) is 9.16. The Labute approximate surface area is 192 Å². The zero-order valence-electron chi connectivity index (χ0n) is 18.9. The van der Waals surface area contributed by atoms with Crippen LogP contribution in [0.15, 0.2) is 17.5 Å². The number of aromatic nitrogens is 3. The molecule has 0 aromatic carbocycles. The topological polar surface area (TPSA) is 125 Å². The van der Waals surface area contributed by atoms with Gasteiger partial charge >= 0.3 is 5.97 Å². The Bertz CT molecular complexity index is 1200. The Morgan fingerprint density at radius 1 is 1.27 bits per heavy atom. The third kappa shape index (κ3) is 4.07. The Morgan fingerprint density at radius 2 is 2.03 bits per heavy atom. The average Bonchev–Trinajstić information content (AvgIpc) is 3.39. The lowest BCUT2D eigenvalue weighted by Gasteiger charge is -2.40. The van der Waals surface area contributed by atoms with E-state index in [9.17, 15) is 13.2 Å². The van der Waals surface area contributed by atoms with Gasteiger partial charge in [-0.15, -0.1) is 0 Å². The van der Waals surface area contributed by atoms with Crippen LogP contribution in [0.25, 0.3) is 11.0 Å². The van der Waals surface area contributed by atoms with Gasteiger partial charge in [0.05, 0.1) is 47.0 Å². The highest BCUT2D eigenvalue weighted by Gasteiger charge is 2.54. The van der Waals surface area contributed by atoms with Crippen LogP contribution in [0.3, 0.4) is 0 Å². The first-order chi connectivity index (χ1) is 15.8. The predicted octanol–water partition coefficient (Wildman–Crippen LogP) is 2.28. The normalized spacial score (nSPS) is 23.7. The molecule has 178 valence electrons. The molecular weight excluding hydrogens is 446 g/mol. The number of rotatable bonds is 6. The highest BCUT2D eigenvalue weighted by Crippen LogP contribution is 2.48. The van der Waals surface area contributed by atoms with Gasteiger partial charge in [-0.25, -0.2) is 18.1 Å². The van der Waals surface area contributed by atoms with Gasteiger partial charge in [0.2, 0.25) is 0 Å². The van der Waals surface area contributed by atoms with Crippen molar-refractivity contribution in [2.45, 2.75) is 64.1 Å². The Morgan fingerprint density at radius 3 is 2.73 bits per heavy atom. The smallest absolute Gasteiger partial charge is 0.309 e. The summed E-state index contributed by atoms with van der Waals surface area (Å²) in [5.74, 6) is 0.0462. The van der Waals surface area contributed by atoms with Crippen molar-refractivity contribution < 1.29 is 22.8 Å². The van der Waals surface area contributed by atoms with E-state index < -0.39 is 15.4 Å². The van der Waals surface area contributed by atoms with Crippen molar-refractivity contribution in [3.05, 3.63) is 18.0 Å². The molecule has 1 saturated heterocycles. The number of hydrogen-bond acceptors (Lipinski definition) is 9. The molecule has 2 aromatic heterocycles. The van der Waals surface area contributed by atoms with Crippen LogP contribution in [0, 0.1) is 5.92 Å². The number of aryl methyl sites for hydroxylation is 1. The molecule has 1 aliphatic carbocycles. The number of hydrogen-bond donors (Lipinski definition) is 1. The molecule has 0 unspecified atom stereocenters. The van der Waals surface area contributed by atoms with E-state index in [1.165, 1.54) is 0 Å². The molecule has 2 aromatic rings. The van der Waals surface area contributed by atoms with Crippen molar-refractivity contribution in [3.8, 4) is 0 Å². The van der Waals surface area contributed by atoms with Crippen molar-refractivity contribution in [1.82, 2.24) is 14.8 Å². The van der Waals surface area contributed by atoms with Crippen LogP contribution < -0.4 is 5.32 Å². The molecule has 1 spiro atoms. The Hall–Kier alpha value is -2.69. The molecule has 2 fully saturated rings. The molecule has 5 rings (SSSR count). The number of carbonyl (C=O) groups excluding carboxylic acids is 1. The molecule has 1 saturated carbocycles. The number of sulfone groups is 1. The minimum atomic E-state index is -2.95. The third-order valence-electron chi connectivity index (χ3n) is 6.88. The standard InChI is InChI=1S/C22H29N5O5S/c1-3-27-20-17(13-24-27)19(25-15-5-7-33(29,30)8-6-15)16(12-23-20)18-11-22(32-26-18)9-14(10-22)21(28)31-4-2/h12-15H,3-11H2,1-2H3,(H,23,25). The van der Waals surface area contributed by atoms with Crippen molar-refractivity contribution in [2.75, 3.05) is 23.4 Å². The van der Waals surface area contributed by atoms with Crippen LogP contribution in [0.2, 0.25) is 0 Å². The summed E-state index contributed by atoms with van der Waals surface area (Å²) in [5, 5.41) is 13.3. The number of oxime groups is 1. The van der Waals surface area contributed by atoms with E-state index in [2.05, 4.69) is 20.6 Å². The summed E-state index contributed by atoms with van der Waals surface area (Å²) in [7, 11) is -2.95. The number of nitrogens with zero attached hydrogens (tertiary/aromatic N) is 4. The highest BCUT2D eigenvalue weighted by molar-refractivity contribution is 7.91. The van der Waals surface area contributed by atoms with Crippen LogP contribution in [-0.4, -0.2) is 64.6 Å². The molecule has 0 radical (unpaired) electrons. The number of pyridine rings is 1. The lowest BCUT2D eigenvalue weighted by molar-refractivity contribution is -0.168. The minimum Gasteiger partial charge on any atom is -0.466 e. The molecule has 33 heavy (non-hydrogen) atoms. The highest BCUT2D eigenvalue weighted by atomic mass is 32.2. The number of fused-ring (bicyclic) bond motifs is 1. The van der Waals surface area contributed by atoms with Gasteiger partial charge in [0.25, 0.3) is 0 Å². The van der Waals surface area contributed by atoms with Gasteiger partial charge in [0.15, 0.2) is 5.65 Å². The molecule has 0 amide bonds. The second kappa shape index (κ2) is 8.27. The summed E-state index contributed by atoms with van der Waals surface area (Å²) in [6.07, 6.45) is 6.47. The van der Waals surface area contributed by atoms with Crippen LogP contribution in [-0.2, 0) is 30.8 Å². The van der Waals surface area contributed by atoms with Gasteiger partial charge in [-0.05, 0) is 26.7 Å². The zero-order valence-corrected chi connectivity index (χ0v) is 19.7. The molecule has 3 aliphatic rings. The van der Waals surface area contributed by atoms with Gasteiger partial charge in [-0.1, -0.05) is 5.16 Å².